The van der Waals surface area contributed by atoms with E-state index in [2.05, 4.69) is 5.32 Å². The minimum Gasteiger partial charge on any atom is -0.497 e. The molecule has 0 saturated carbocycles. The van der Waals surface area contributed by atoms with Crippen LogP contribution in [0.4, 0.5) is 5.69 Å². The van der Waals surface area contributed by atoms with Gasteiger partial charge in [-0.15, -0.1) is 0 Å². The van der Waals surface area contributed by atoms with Crippen LogP contribution in [0.5, 0.6) is 5.75 Å². The molecule has 0 aliphatic heterocycles. The van der Waals surface area contributed by atoms with E-state index in [1.807, 2.05) is 24.3 Å². The molecular weight excluding hydrogens is 288 g/mol. The average Bonchev–Trinajstić information content (AvgIpc) is 2.50. The normalized spacial score (nSPS) is 10.2. The number of nitrogens with one attached hydrogen (secondary N) is 1. The highest BCUT2D eigenvalue weighted by atomic mass is 35.5. The van der Waals surface area contributed by atoms with Crippen LogP contribution in [0.3, 0.4) is 0 Å². The summed E-state index contributed by atoms with van der Waals surface area (Å²) in [5.41, 5.74) is 7.71. The first-order valence-electron chi connectivity index (χ1n) is 6.56. The summed E-state index contributed by atoms with van der Waals surface area (Å²) in [5.74, 6) is 0.595. The Hall–Kier alpha value is -2.20. The van der Waals surface area contributed by atoms with Gasteiger partial charge in [-0.25, -0.2) is 0 Å². The standard InChI is InChI=1S/C16H17ClN2O2/c1-21-13-5-2-11(3-6-13)8-9-19-16(20)14-10-12(17)4-7-15(14)18/h2-7,10H,8-9,18H2,1H3,(H,19,20). The third kappa shape index (κ3) is 4.13. The van der Waals surface area contributed by atoms with E-state index < -0.39 is 0 Å². The summed E-state index contributed by atoms with van der Waals surface area (Å²) >= 11 is 5.87. The Labute approximate surface area is 128 Å². The highest BCUT2D eigenvalue weighted by Gasteiger charge is 2.09. The number of nitrogen functional groups attached to an aromatic ring is 1. The molecule has 0 heterocycles. The second-order valence-corrected chi connectivity index (χ2v) is 5.02. The first-order valence-corrected chi connectivity index (χ1v) is 6.94. The molecule has 4 nitrogen and oxygen atoms in total. The first kappa shape index (κ1) is 15.2. The van der Waals surface area contributed by atoms with Crippen LogP contribution < -0.4 is 15.8 Å². The van der Waals surface area contributed by atoms with Gasteiger partial charge in [0.25, 0.3) is 5.91 Å². The highest BCUT2D eigenvalue weighted by molar-refractivity contribution is 6.31. The van der Waals surface area contributed by atoms with E-state index in [0.29, 0.717) is 22.8 Å². The van der Waals surface area contributed by atoms with Crippen molar-refractivity contribution in [3.63, 3.8) is 0 Å². The second kappa shape index (κ2) is 6.99. The lowest BCUT2D eigenvalue weighted by Gasteiger charge is -2.08. The summed E-state index contributed by atoms with van der Waals surface area (Å²) in [6.07, 6.45) is 0.732. The Morgan fingerprint density at radius 3 is 2.62 bits per heavy atom. The van der Waals surface area contributed by atoms with E-state index in [4.69, 9.17) is 22.1 Å². The lowest BCUT2D eigenvalue weighted by Crippen LogP contribution is -2.26. The van der Waals surface area contributed by atoms with Gasteiger partial charge in [0, 0.05) is 17.3 Å². The van der Waals surface area contributed by atoms with E-state index in [1.165, 1.54) is 0 Å². The summed E-state index contributed by atoms with van der Waals surface area (Å²) in [7, 11) is 1.63. The number of ether oxygens (including phenoxy) is 1. The van der Waals surface area contributed by atoms with E-state index in [9.17, 15) is 4.79 Å². The molecule has 0 radical (unpaired) electrons. The molecule has 0 aliphatic rings. The van der Waals surface area contributed by atoms with E-state index in [0.717, 1.165) is 17.7 Å². The Morgan fingerprint density at radius 1 is 1.24 bits per heavy atom. The third-order valence-corrected chi connectivity index (χ3v) is 3.35. The molecule has 0 aromatic heterocycles. The van der Waals surface area contributed by atoms with Crippen LogP contribution in [-0.4, -0.2) is 19.6 Å². The smallest absolute Gasteiger partial charge is 0.253 e. The number of anilines is 1. The van der Waals surface area contributed by atoms with Crippen LogP contribution in [0.15, 0.2) is 42.5 Å². The number of hydrogen-bond donors (Lipinski definition) is 2. The van der Waals surface area contributed by atoms with Crippen LogP contribution in [0, 0.1) is 0 Å². The van der Waals surface area contributed by atoms with Crippen molar-refractivity contribution in [3.8, 4) is 5.75 Å². The third-order valence-electron chi connectivity index (χ3n) is 3.12. The zero-order chi connectivity index (χ0) is 15.2. The molecule has 0 aliphatic carbocycles. The maximum absolute atomic E-state index is 12.0. The van der Waals surface area contributed by atoms with Gasteiger partial charge in [-0.1, -0.05) is 23.7 Å². The van der Waals surface area contributed by atoms with Crippen LogP contribution in [0.2, 0.25) is 5.02 Å². The van der Waals surface area contributed by atoms with Crippen molar-refractivity contribution in [1.82, 2.24) is 5.32 Å². The van der Waals surface area contributed by atoms with Crippen molar-refractivity contribution in [1.29, 1.82) is 0 Å². The van der Waals surface area contributed by atoms with E-state index >= 15 is 0 Å². The van der Waals surface area contributed by atoms with Gasteiger partial charge in [-0.3, -0.25) is 4.79 Å². The lowest BCUT2D eigenvalue weighted by atomic mass is 10.1. The van der Waals surface area contributed by atoms with Crippen molar-refractivity contribution in [2.75, 3.05) is 19.4 Å². The van der Waals surface area contributed by atoms with Gasteiger partial charge in [0.2, 0.25) is 0 Å². The molecule has 2 aromatic carbocycles. The molecule has 0 unspecified atom stereocenters. The Balaban J connectivity index is 1.90. The molecule has 110 valence electrons. The molecule has 1 amide bonds. The van der Waals surface area contributed by atoms with Gasteiger partial charge in [-0.2, -0.15) is 0 Å². The maximum Gasteiger partial charge on any atom is 0.253 e. The van der Waals surface area contributed by atoms with Crippen molar-refractivity contribution >= 4 is 23.2 Å². The summed E-state index contributed by atoms with van der Waals surface area (Å²) < 4.78 is 5.10. The molecular formula is C16H17ClN2O2. The molecule has 2 aromatic rings. The highest BCUT2D eigenvalue weighted by Crippen LogP contribution is 2.17. The number of methoxy groups -OCH3 is 1. The Bertz CT molecular complexity index is 627. The fraction of sp³-hybridized carbons (Fsp3) is 0.188. The summed E-state index contributed by atoms with van der Waals surface area (Å²) in [5, 5.41) is 3.33. The van der Waals surface area contributed by atoms with Gasteiger partial charge < -0.3 is 15.8 Å². The first-order chi connectivity index (χ1) is 10.1. The number of carbonyl (C=O) groups is 1. The second-order valence-electron chi connectivity index (χ2n) is 4.59. The number of benzene rings is 2. The fourth-order valence-electron chi connectivity index (χ4n) is 1.93. The fourth-order valence-corrected chi connectivity index (χ4v) is 2.11. The molecule has 0 saturated heterocycles. The van der Waals surface area contributed by atoms with Crippen molar-refractivity contribution in [2.45, 2.75) is 6.42 Å². The van der Waals surface area contributed by atoms with Gasteiger partial charge in [-0.05, 0) is 42.3 Å². The van der Waals surface area contributed by atoms with Crippen molar-refractivity contribution < 1.29 is 9.53 Å². The molecule has 0 spiro atoms. The number of hydrogen-bond acceptors (Lipinski definition) is 3. The summed E-state index contributed by atoms with van der Waals surface area (Å²) in [4.78, 5) is 12.0. The lowest BCUT2D eigenvalue weighted by molar-refractivity contribution is 0.0955. The molecule has 0 fully saturated rings. The zero-order valence-electron chi connectivity index (χ0n) is 11.7. The largest absolute Gasteiger partial charge is 0.497 e. The molecule has 5 heteroatoms. The Kier molecular flexibility index (Phi) is 5.06. The monoisotopic (exact) mass is 304 g/mol. The van der Waals surface area contributed by atoms with Crippen LogP contribution in [-0.2, 0) is 6.42 Å². The van der Waals surface area contributed by atoms with E-state index in [1.54, 1.807) is 25.3 Å². The van der Waals surface area contributed by atoms with Gasteiger partial charge in [0.1, 0.15) is 5.75 Å². The predicted molar refractivity (Wildman–Crippen MR) is 84.9 cm³/mol. The zero-order valence-corrected chi connectivity index (χ0v) is 12.5. The Morgan fingerprint density at radius 2 is 1.95 bits per heavy atom. The number of carbonyl (C=O) groups excluding carboxylic acids is 1. The van der Waals surface area contributed by atoms with Crippen LogP contribution >= 0.6 is 11.6 Å². The van der Waals surface area contributed by atoms with Crippen LogP contribution in [0.25, 0.3) is 0 Å². The number of rotatable bonds is 5. The van der Waals surface area contributed by atoms with E-state index in [-0.39, 0.29) is 5.91 Å². The topological polar surface area (TPSA) is 64.3 Å². The number of nitrogens with two attached hydrogens (primary N) is 1. The summed E-state index contributed by atoms with van der Waals surface area (Å²) in [6, 6.07) is 12.6. The number of halogens is 1. The minimum atomic E-state index is -0.219. The summed E-state index contributed by atoms with van der Waals surface area (Å²) in [6.45, 7) is 0.525. The van der Waals surface area contributed by atoms with Crippen LogP contribution in [0.1, 0.15) is 15.9 Å². The molecule has 21 heavy (non-hydrogen) atoms. The molecule has 0 atom stereocenters. The number of amides is 1. The average molecular weight is 305 g/mol. The van der Waals surface area contributed by atoms with Gasteiger partial charge >= 0.3 is 0 Å². The minimum absolute atomic E-state index is 0.219. The SMILES string of the molecule is COc1ccc(CCNC(=O)c2cc(Cl)ccc2N)cc1. The van der Waals surface area contributed by atoms with Crippen molar-refractivity contribution in [2.24, 2.45) is 0 Å². The molecule has 0 bridgehead atoms. The molecule has 3 N–H and O–H groups in total. The van der Waals surface area contributed by atoms with Gasteiger partial charge in [0.15, 0.2) is 0 Å². The van der Waals surface area contributed by atoms with Crippen molar-refractivity contribution in [3.05, 3.63) is 58.6 Å². The quantitative estimate of drug-likeness (QED) is 0.835. The predicted octanol–water partition coefficient (Wildman–Crippen LogP) is 2.90. The molecule has 2 rings (SSSR count). The maximum atomic E-state index is 12.0. The van der Waals surface area contributed by atoms with Gasteiger partial charge in [0.05, 0.1) is 12.7 Å².